The van der Waals surface area contributed by atoms with Crippen LogP contribution in [-0.2, 0) is 12.7 Å². The number of benzene rings is 1. The lowest BCUT2D eigenvalue weighted by Gasteiger charge is -2.09. The molecule has 106 valence electrons. The Bertz CT molecular complexity index is 623. The molecule has 1 amide bonds. The summed E-state index contributed by atoms with van der Waals surface area (Å²) in [6, 6.07) is 4.68. The molecule has 0 saturated heterocycles. The average molecular weight is 285 g/mol. The van der Waals surface area contributed by atoms with Crippen LogP contribution in [-0.4, -0.2) is 21.1 Å². The molecule has 6 nitrogen and oxygen atoms in total. The highest BCUT2D eigenvalue weighted by Gasteiger charge is 2.30. The maximum Gasteiger partial charge on any atom is 0.416 e. The first kappa shape index (κ1) is 13.8. The van der Waals surface area contributed by atoms with Gasteiger partial charge in [0.05, 0.1) is 5.56 Å². The van der Waals surface area contributed by atoms with Gasteiger partial charge in [-0.25, -0.2) is 0 Å². The van der Waals surface area contributed by atoms with Crippen molar-refractivity contribution in [2.45, 2.75) is 12.7 Å². The quantitative estimate of drug-likeness (QED) is 0.792. The Hall–Kier alpha value is -2.58. The van der Waals surface area contributed by atoms with Gasteiger partial charge in [0.1, 0.15) is 0 Å². The summed E-state index contributed by atoms with van der Waals surface area (Å²) in [5.74, 6) is -0.796. The fraction of sp³-hybridized carbons (Fsp3) is 0.182. The maximum atomic E-state index is 12.5. The van der Waals surface area contributed by atoms with Gasteiger partial charge < -0.3 is 11.1 Å². The fourth-order valence-electron chi connectivity index (χ4n) is 1.50. The first-order chi connectivity index (χ1) is 9.36. The van der Waals surface area contributed by atoms with Crippen LogP contribution in [0.25, 0.3) is 0 Å². The SMILES string of the molecule is Nc1n[nH]c(C(=O)NCc2cccc(C(F)(F)F)c2)n1. The van der Waals surface area contributed by atoms with Gasteiger partial charge in [-0.15, -0.1) is 5.10 Å². The molecular formula is C11H10F3N5O. The third-order valence-corrected chi connectivity index (χ3v) is 2.43. The molecule has 1 heterocycles. The van der Waals surface area contributed by atoms with Gasteiger partial charge in [0, 0.05) is 6.54 Å². The highest BCUT2D eigenvalue weighted by molar-refractivity contribution is 5.90. The third kappa shape index (κ3) is 3.25. The largest absolute Gasteiger partial charge is 0.416 e. The van der Waals surface area contributed by atoms with E-state index in [-0.39, 0.29) is 18.3 Å². The maximum absolute atomic E-state index is 12.5. The van der Waals surface area contributed by atoms with Crippen LogP contribution in [0.1, 0.15) is 21.7 Å². The molecule has 0 aliphatic carbocycles. The number of nitrogens with one attached hydrogen (secondary N) is 2. The summed E-state index contributed by atoms with van der Waals surface area (Å²) < 4.78 is 37.5. The molecule has 0 aliphatic heterocycles. The Labute approximate surface area is 111 Å². The second-order valence-electron chi connectivity index (χ2n) is 3.92. The van der Waals surface area contributed by atoms with Gasteiger partial charge in [-0.05, 0) is 17.7 Å². The van der Waals surface area contributed by atoms with Gasteiger partial charge >= 0.3 is 6.18 Å². The number of hydrogen-bond donors (Lipinski definition) is 3. The Morgan fingerprint density at radius 1 is 1.40 bits per heavy atom. The molecule has 2 aromatic rings. The highest BCUT2D eigenvalue weighted by Crippen LogP contribution is 2.29. The van der Waals surface area contributed by atoms with Crippen LogP contribution in [0.4, 0.5) is 19.1 Å². The van der Waals surface area contributed by atoms with Crippen molar-refractivity contribution in [1.82, 2.24) is 20.5 Å². The first-order valence-corrected chi connectivity index (χ1v) is 5.48. The Morgan fingerprint density at radius 3 is 2.75 bits per heavy atom. The summed E-state index contributed by atoms with van der Waals surface area (Å²) in [5, 5.41) is 8.18. The number of nitrogen functional groups attached to an aromatic ring is 1. The summed E-state index contributed by atoms with van der Waals surface area (Å²) >= 11 is 0. The van der Waals surface area contributed by atoms with Crippen LogP contribution in [0.5, 0.6) is 0 Å². The van der Waals surface area contributed by atoms with E-state index in [0.717, 1.165) is 12.1 Å². The number of halogens is 3. The van der Waals surface area contributed by atoms with Crippen LogP contribution in [0.2, 0.25) is 0 Å². The average Bonchev–Trinajstić information content (AvgIpc) is 2.82. The van der Waals surface area contributed by atoms with Gasteiger partial charge in [-0.3, -0.25) is 9.89 Å². The fourth-order valence-corrected chi connectivity index (χ4v) is 1.50. The second-order valence-corrected chi connectivity index (χ2v) is 3.92. The molecule has 0 aliphatic rings. The topological polar surface area (TPSA) is 96.7 Å². The van der Waals surface area contributed by atoms with Crippen LogP contribution in [0, 0.1) is 0 Å². The number of alkyl halides is 3. The molecule has 0 spiro atoms. The molecule has 0 unspecified atom stereocenters. The van der Waals surface area contributed by atoms with Gasteiger partial charge in [-0.2, -0.15) is 18.2 Å². The van der Waals surface area contributed by atoms with E-state index in [2.05, 4.69) is 20.5 Å². The molecule has 0 saturated carbocycles. The lowest BCUT2D eigenvalue weighted by atomic mass is 10.1. The second kappa shape index (κ2) is 5.19. The normalized spacial score (nSPS) is 11.3. The number of H-pyrrole nitrogens is 1. The Balaban J connectivity index is 2.02. The molecule has 1 aromatic carbocycles. The van der Waals surface area contributed by atoms with E-state index in [1.165, 1.54) is 12.1 Å². The predicted molar refractivity (Wildman–Crippen MR) is 63.4 cm³/mol. The van der Waals surface area contributed by atoms with E-state index < -0.39 is 17.6 Å². The number of carbonyl (C=O) groups excluding carboxylic acids is 1. The number of anilines is 1. The van der Waals surface area contributed by atoms with Crippen molar-refractivity contribution in [2.75, 3.05) is 5.73 Å². The van der Waals surface area contributed by atoms with Crippen LogP contribution < -0.4 is 11.1 Å². The van der Waals surface area contributed by atoms with Crippen LogP contribution in [0.15, 0.2) is 24.3 Å². The van der Waals surface area contributed by atoms with Crippen LogP contribution in [0.3, 0.4) is 0 Å². The Morgan fingerprint density at radius 2 is 2.15 bits per heavy atom. The molecule has 0 bridgehead atoms. The number of aromatic nitrogens is 3. The zero-order valence-electron chi connectivity index (χ0n) is 10.0. The van der Waals surface area contributed by atoms with Gasteiger partial charge in [0.25, 0.3) is 5.91 Å². The first-order valence-electron chi connectivity index (χ1n) is 5.48. The number of rotatable bonds is 3. The summed E-state index contributed by atoms with van der Waals surface area (Å²) in [6.07, 6.45) is -4.42. The van der Waals surface area contributed by atoms with Gasteiger partial charge in [0.15, 0.2) is 0 Å². The number of aromatic amines is 1. The van der Waals surface area contributed by atoms with E-state index in [9.17, 15) is 18.0 Å². The molecule has 1 aromatic heterocycles. The zero-order chi connectivity index (χ0) is 14.8. The van der Waals surface area contributed by atoms with Crippen molar-refractivity contribution >= 4 is 11.9 Å². The highest BCUT2D eigenvalue weighted by atomic mass is 19.4. The lowest BCUT2D eigenvalue weighted by Crippen LogP contribution is -2.24. The number of nitrogens with two attached hydrogens (primary N) is 1. The van der Waals surface area contributed by atoms with Crippen molar-refractivity contribution < 1.29 is 18.0 Å². The van der Waals surface area contributed by atoms with E-state index >= 15 is 0 Å². The molecule has 20 heavy (non-hydrogen) atoms. The Kier molecular flexibility index (Phi) is 3.59. The summed E-state index contributed by atoms with van der Waals surface area (Å²) in [4.78, 5) is 15.2. The number of nitrogens with zero attached hydrogens (tertiary/aromatic N) is 2. The van der Waals surface area contributed by atoms with E-state index in [0.29, 0.717) is 5.56 Å². The summed E-state index contributed by atoms with van der Waals surface area (Å²) in [5.41, 5.74) is 4.78. The van der Waals surface area contributed by atoms with Crippen molar-refractivity contribution in [3.8, 4) is 0 Å². The van der Waals surface area contributed by atoms with Gasteiger partial charge in [-0.1, -0.05) is 12.1 Å². The van der Waals surface area contributed by atoms with E-state index in [1.54, 1.807) is 0 Å². The van der Waals surface area contributed by atoms with Gasteiger partial charge in [0.2, 0.25) is 11.8 Å². The smallest absolute Gasteiger partial charge is 0.366 e. The molecule has 0 radical (unpaired) electrons. The minimum atomic E-state index is -4.42. The predicted octanol–water partition coefficient (Wildman–Crippen LogP) is 1.34. The third-order valence-electron chi connectivity index (χ3n) is 2.43. The zero-order valence-corrected chi connectivity index (χ0v) is 10.0. The molecule has 0 fully saturated rings. The van der Waals surface area contributed by atoms with Crippen molar-refractivity contribution in [3.05, 3.63) is 41.2 Å². The standard InChI is InChI=1S/C11H10F3N5O/c12-11(13,14)7-3-1-2-6(4-7)5-16-9(20)8-17-10(15)19-18-8/h1-4H,5H2,(H,16,20)(H3,15,17,18,19). The van der Waals surface area contributed by atoms with E-state index in [1.807, 2.05) is 0 Å². The molecule has 2 rings (SSSR count). The van der Waals surface area contributed by atoms with E-state index in [4.69, 9.17) is 5.73 Å². The molecular weight excluding hydrogens is 275 g/mol. The minimum absolute atomic E-state index is 0.0661. The van der Waals surface area contributed by atoms with Crippen molar-refractivity contribution in [2.24, 2.45) is 0 Å². The number of carbonyl (C=O) groups is 1. The van der Waals surface area contributed by atoms with Crippen molar-refractivity contribution in [1.29, 1.82) is 0 Å². The summed E-state index contributed by atoms with van der Waals surface area (Å²) in [7, 11) is 0. The van der Waals surface area contributed by atoms with Crippen LogP contribution >= 0.6 is 0 Å². The lowest BCUT2D eigenvalue weighted by molar-refractivity contribution is -0.137. The molecule has 9 heteroatoms. The number of hydrogen-bond acceptors (Lipinski definition) is 4. The monoisotopic (exact) mass is 285 g/mol. The molecule has 4 N–H and O–H groups in total. The van der Waals surface area contributed by atoms with Crippen molar-refractivity contribution in [3.63, 3.8) is 0 Å². The number of amides is 1. The molecule has 0 atom stereocenters. The summed E-state index contributed by atoms with van der Waals surface area (Å²) in [6.45, 7) is -0.0661. The minimum Gasteiger partial charge on any atom is -0.366 e.